The lowest BCUT2D eigenvalue weighted by molar-refractivity contribution is -0.138. The number of hydrogen-bond donors (Lipinski definition) is 0. The number of benzene rings is 3. The average molecular weight is 763 g/mol. The quantitative estimate of drug-likeness (QED) is 0.234. The van der Waals surface area contributed by atoms with Gasteiger partial charge in [0.1, 0.15) is 11.5 Å². The molecule has 1 saturated carbocycles. The number of hydrogen-bond acceptors (Lipinski definition) is 6. The van der Waals surface area contributed by atoms with Crippen LogP contribution in [-0.4, -0.2) is 60.3 Å². The Bertz CT molecular complexity index is 2050. The van der Waals surface area contributed by atoms with Crippen molar-refractivity contribution in [3.05, 3.63) is 106 Å². The number of ether oxygens (including phenoxy) is 2. The van der Waals surface area contributed by atoms with Gasteiger partial charge >= 0.3 is 6.18 Å². The lowest BCUT2D eigenvalue weighted by Crippen LogP contribution is -2.49. The number of allylic oxidation sites excluding steroid dienone is 1. The van der Waals surface area contributed by atoms with Crippen molar-refractivity contribution in [2.75, 3.05) is 43.2 Å². The maximum absolute atomic E-state index is 14.4. The average Bonchev–Trinajstić information content (AvgIpc) is 3.27. The van der Waals surface area contributed by atoms with Crippen LogP contribution in [0.5, 0.6) is 5.75 Å². The Morgan fingerprint density at radius 3 is 2.70 bits per heavy atom. The van der Waals surface area contributed by atoms with Gasteiger partial charge < -0.3 is 14.4 Å². The van der Waals surface area contributed by atoms with Crippen molar-refractivity contribution < 1.29 is 36.4 Å². The number of anilines is 1. The maximum atomic E-state index is 14.4. The largest absolute Gasteiger partial charge is 0.490 e. The Morgan fingerprint density at radius 2 is 1.93 bits per heavy atom. The van der Waals surface area contributed by atoms with Gasteiger partial charge in [-0.25, -0.2) is 4.21 Å². The summed E-state index contributed by atoms with van der Waals surface area (Å²) in [4.78, 5) is 29.6. The Hall–Kier alpha value is -3.96. The molecule has 3 aromatic carbocycles. The molecular formula is C43H49F3N2O5S. The highest BCUT2D eigenvalue weighted by atomic mass is 32.2. The zero-order valence-corrected chi connectivity index (χ0v) is 31.9. The number of aryl methyl sites for hydroxylation is 3. The molecule has 2 aliphatic heterocycles. The molecule has 2 bridgehead atoms. The lowest BCUT2D eigenvalue weighted by atomic mass is 9.68. The topological polar surface area (TPSA) is 85.3 Å². The van der Waals surface area contributed by atoms with Crippen LogP contribution in [0.15, 0.2) is 77.2 Å². The van der Waals surface area contributed by atoms with Crippen molar-refractivity contribution >= 4 is 27.1 Å². The SMILES string of the molecule is CO[C@H]1/C=C/CCC[S@@](=O)(CC(=O)CCc2ccccc2C(F)(F)F)=NC(=O)c2ccc3c(c2)N(C[C@@H]2CC[C@H]21)C[C@@]1(CCCc2cc(C)ccc21)CO3. The van der Waals surface area contributed by atoms with Gasteiger partial charge in [0.05, 0.1) is 39.4 Å². The molecule has 0 saturated heterocycles. The summed E-state index contributed by atoms with van der Waals surface area (Å²) in [6, 6.07) is 17.1. The first-order chi connectivity index (χ1) is 25.9. The van der Waals surface area contributed by atoms with Crippen LogP contribution in [0.3, 0.4) is 0 Å². The first-order valence-electron chi connectivity index (χ1n) is 19.1. The number of nitrogens with zero attached hydrogens (tertiary/aromatic N) is 2. The summed E-state index contributed by atoms with van der Waals surface area (Å²) in [6.07, 6.45) is 5.17. The zero-order chi connectivity index (χ0) is 38.1. The van der Waals surface area contributed by atoms with Gasteiger partial charge in [0.2, 0.25) is 0 Å². The first kappa shape index (κ1) is 38.3. The zero-order valence-electron chi connectivity index (χ0n) is 31.0. The van der Waals surface area contributed by atoms with Gasteiger partial charge in [-0.05, 0) is 111 Å². The molecule has 288 valence electrons. The molecule has 2 aliphatic carbocycles. The van der Waals surface area contributed by atoms with Gasteiger partial charge in [0, 0.05) is 43.4 Å². The third kappa shape index (κ3) is 8.17. The Labute approximate surface area is 316 Å². The molecule has 5 atom stereocenters. The summed E-state index contributed by atoms with van der Waals surface area (Å²) in [5.74, 6) is -0.329. The van der Waals surface area contributed by atoms with Gasteiger partial charge in [-0.2, -0.15) is 17.5 Å². The number of rotatable bonds is 6. The van der Waals surface area contributed by atoms with Gasteiger partial charge in [-0.1, -0.05) is 54.1 Å². The number of carbonyl (C=O) groups is 2. The Balaban J connectivity index is 1.22. The van der Waals surface area contributed by atoms with Crippen molar-refractivity contribution in [2.45, 2.75) is 82.4 Å². The normalized spacial score (nSPS) is 27.8. The first-order valence-corrected chi connectivity index (χ1v) is 21.0. The molecule has 54 heavy (non-hydrogen) atoms. The third-order valence-electron chi connectivity index (χ3n) is 11.9. The minimum Gasteiger partial charge on any atom is -0.490 e. The van der Waals surface area contributed by atoms with E-state index in [0.29, 0.717) is 43.6 Å². The van der Waals surface area contributed by atoms with Crippen LogP contribution >= 0.6 is 0 Å². The third-order valence-corrected chi connectivity index (χ3v) is 14.1. The van der Waals surface area contributed by atoms with Crippen LogP contribution in [0.1, 0.15) is 83.1 Å². The van der Waals surface area contributed by atoms with Crippen LogP contribution in [0.2, 0.25) is 0 Å². The second-order valence-corrected chi connectivity index (χ2v) is 18.1. The van der Waals surface area contributed by atoms with Gasteiger partial charge in [0.25, 0.3) is 5.91 Å². The Morgan fingerprint density at radius 1 is 1.09 bits per heavy atom. The van der Waals surface area contributed by atoms with Crippen LogP contribution in [0.25, 0.3) is 0 Å². The number of alkyl halides is 3. The van der Waals surface area contributed by atoms with E-state index in [2.05, 4.69) is 40.5 Å². The molecule has 1 fully saturated rings. The van der Waals surface area contributed by atoms with E-state index in [-0.39, 0.29) is 41.2 Å². The smallest absolute Gasteiger partial charge is 0.416 e. The number of ketones is 1. The molecule has 0 unspecified atom stereocenters. The summed E-state index contributed by atoms with van der Waals surface area (Å²) in [6.45, 7) is 4.10. The second kappa shape index (κ2) is 15.6. The highest BCUT2D eigenvalue weighted by Crippen LogP contribution is 2.47. The van der Waals surface area contributed by atoms with Gasteiger partial charge in [-0.3, -0.25) is 9.59 Å². The standard InChI is InChI=1S/C43H49F3N2O5S/c1-29-13-19-36-31(23-29)10-8-21-42(36)27-48-25-33-15-18-35(33)39(52-2)12-4-3-7-22-54(51,47-41(50)32-16-20-40(53-28-42)38(48)24-32)26-34(49)17-14-30-9-5-6-11-37(30)43(44,45)46/h4-6,9,11-13,16,19-20,23-24,33,35,39H,3,7-8,10,14-15,17-18,21-22,25-28H2,1-2H3/b12-4+/t33-,35+,39-,42-,54+/m0/s1. The van der Waals surface area contributed by atoms with Crippen molar-refractivity contribution in [2.24, 2.45) is 16.2 Å². The van der Waals surface area contributed by atoms with Gasteiger partial charge in [0.15, 0.2) is 0 Å². The maximum Gasteiger partial charge on any atom is 0.416 e. The highest BCUT2D eigenvalue weighted by molar-refractivity contribution is 7.94. The molecule has 7 nitrogen and oxygen atoms in total. The van der Waals surface area contributed by atoms with Crippen molar-refractivity contribution in [3.63, 3.8) is 0 Å². The fourth-order valence-corrected chi connectivity index (χ4v) is 10.9. The molecule has 0 aromatic heterocycles. The van der Waals surface area contributed by atoms with E-state index in [0.717, 1.165) is 50.4 Å². The number of halogens is 3. The molecule has 11 heteroatoms. The summed E-state index contributed by atoms with van der Waals surface area (Å²) in [7, 11) is -1.66. The fraction of sp³-hybridized carbons (Fsp3) is 0.488. The molecular weight excluding hydrogens is 714 g/mol. The summed E-state index contributed by atoms with van der Waals surface area (Å²) < 4.78 is 72.1. The fourth-order valence-electron chi connectivity index (χ4n) is 8.96. The number of amides is 1. The molecule has 0 N–H and O–H groups in total. The minimum atomic E-state index is -4.56. The molecule has 1 spiro atoms. The van der Waals surface area contributed by atoms with E-state index >= 15 is 0 Å². The van der Waals surface area contributed by atoms with E-state index < -0.39 is 38.9 Å². The van der Waals surface area contributed by atoms with Crippen LogP contribution in [0.4, 0.5) is 18.9 Å². The van der Waals surface area contributed by atoms with E-state index in [4.69, 9.17) is 9.47 Å². The molecule has 0 radical (unpaired) electrons. The van der Waals surface area contributed by atoms with Crippen LogP contribution < -0.4 is 9.64 Å². The van der Waals surface area contributed by atoms with E-state index in [1.807, 2.05) is 6.08 Å². The Kier molecular flexibility index (Phi) is 11.1. The predicted octanol–water partition coefficient (Wildman–Crippen LogP) is 8.69. The summed E-state index contributed by atoms with van der Waals surface area (Å²) >= 11 is 0. The molecule has 1 amide bonds. The van der Waals surface area contributed by atoms with E-state index in [9.17, 15) is 27.0 Å². The number of carbonyl (C=O) groups excluding carboxylic acids is 2. The highest BCUT2D eigenvalue weighted by Gasteiger charge is 2.44. The monoisotopic (exact) mass is 762 g/mol. The molecule has 7 rings (SSSR count). The minimum absolute atomic E-state index is 0.000753. The molecule has 4 aliphatic rings. The number of Topliss-reactive ketones (excluding diaryl/α,β-unsaturated/α-hetero) is 1. The van der Waals surface area contributed by atoms with Crippen molar-refractivity contribution in [1.29, 1.82) is 0 Å². The van der Waals surface area contributed by atoms with E-state index in [1.54, 1.807) is 25.3 Å². The van der Waals surface area contributed by atoms with Crippen molar-refractivity contribution in [1.82, 2.24) is 0 Å². The summed E-state index contributed by atoms with van der Waals surface area (Å²) in [5.41, 5.74) is 3.92. The molecule has 2 heterocycles. The number of fused-ring (bicyclic) bond motifs is 4. The second-order valence-electron chi connectivity index (χ2n) is 15.6. The number of methoxy groups -OCH3 is 1. The lowest BCUT2D eigenvalue weighted by Gasteiger charge is -2.46. The van der Waals surface area contributed by atoms with Gasteiger partial charge in [-0.15, -0.1) is 0 Å². The summed E-state index contributed by atoms with van der Waals surface area (Å²) in [5, 5.41) is 0. The van der Waals surface area contributed by atoms with E-state index in [1.165, 1.54) is 34.9 Å². The molecule has 3 aromatic rings. The van der Waals surface area contributed by atoms with Crippen LogP contribution in [0, 0.1) is 18.8 Å². The predicted molar refractivity (Wildman–Crippen MR) is 205 cm³/mol. The van der Waals surface area contributed by atoms with Crippen LogP contribution in [-0.2, 0) is 43.7 Å². The van der Waals surface area contributed by atoms with Crippen molar-refractivity contribution in [3.8, 4) is 5.75 Å².